The third-order valence-corrected chi connectivity index (χ3v) is 6.05. The molecular weight excluding hydrogens is 552 g/mol. The van der Waals surface area contributed by atoms with Crippen LogP contribution >= 0.6 is 0 Å². The Hall–Kier alpha value is -5.02. The van der Waals surface area contributed by atoms with Crippen molar-refractivity contribution in [1.29, 1.82) is 0 Å². The van der Waals surface area contributed by atoms with Crippen LogP contribution < -0.4 is 0 Å². The van der Waals surface area contributed by atoms with Crippen LogP contribution in [0.1, 0.15) is 76.1 Å². The lowest BCUT2D eigenvalue weighted by Crippen LogP contribution is -1.96. The fourth-order valence-electron chi connectivity index (χ4n) is 4.17. The number of cyclic esters (lactones) is 2. The van der Waals surface area contributed by atoms with Crippen molar-refractivity contribution in [1.82, 2.24) is 0 Å². The van der Waals surface area contributed by atoms with E-state index in [1.807, 2.05) is 91.8 Å². The van der Waals surface area contributed by atoms with Crippen molar-refractivity contribution in [3.05, 3.63) is 157 Å². The van der Waals surface area contributed by atoms with Crippen LogP contribution in [0.3, 0.4) is 0 Å². The lowest BCUT2D eigenvalue weighted by Gasteiger charge is -1.98. The first-order valence-electron chi connectivity index (χ1n) is 16.0. The minimum Gasteiger partial charge on any atom is -0.386 e. The number of hydrogen-bond donors (Lipinski definition) is 0. The fraction of sp³-hybridized carbons (Fsp3) is 0.190. The van der Waals surface area contributed by atoms with Crippen molar-refractivity contribution in [3.8, 4) is 11.1 Å². The van der Waals surface area contributed by atoms with Crippen molar-refractivity contribution >= 4 is 33.5 Å². The van der Waals surface area contributed by atoms with E-state index in [0.717, 1.165) is 10.8 Å². The number of ether oxygens (including phenoxy) is 1. The van der Waals surface area contributed by atoms with Gasteiger partial charge in [-0.15, -0.1) is 0 Å². The molecular formula is C42H48O3. The van der Waals surface area contributed by atoms with Gasteiger partial charge >= 0.3 is 11.9 Å². The first-order valence-corrected chi connectivity index (χ1v) is 16.0. The Balaban J connectivity index is 0.000000308. The van der Waals surface area contributed by atoms with Gasteiger partial charge < -0.3 is 4.74 Å². The molecule has 0 N–H and O–H groups in total. The molecule has 0 aliphatic carbocycles. The predicted molar refractivity (Wildman–Crippen MR) is 195 cm³/mol. The van der Waals surface area contributed by atoms with E-state index in [0.29, 0.717) is 11.1 Å². The maximum absolute atomic E-state index is 11.3. The number of fused-ring (bicyclic) bond motifs is 3. The summed E-state index contributed by atoms with van der Waals surface area (Å²) in [5.74, 6) is -1.11. The van der Waals surface area contributed by atoms with Gasteiger partial charge in [-0.1, -0.05) is 189 Å². The molecule has 6 aromatic rings. The number of benzene rings is 6. The van der Waals surface area contributed by atoms with E-state index in [1.165, 1.54) is 21.9 Å². The Labute approximate surface area is 270 Å². The highest BCUT2D eigenvalue weighted by Gasteiger charge is 2.29. The summed E-state index contributed by atoms with van der Waals surface area (Å²) in [7, 11) is 0. The predicted octanol–water partition coefficient (Wildman–Crippen LogP) is 12.4. The number of rotatable bonds is 1. The summed E-state index contributed by atoms with van der Waals surface area (Å²) in [6.45, 7) is 16.0. The second-order valence-electron chi connectivity index (χ2n) is 8.50. The molecule has 1 aliphatic heterocycles. The summed E-state index contributed by atoms with van der Waals surface area (Å²) < 4.78 is 4.53. The van der Waals surface area contributed by atoms with Gasteiger partial charge in [-0.05, 0) is 44.8 Å². The molecule has 0 saturated carbocycles. The van der Waals surface area contributed by atoms with Gasteiger partial charge in [-0.25, -0.2) is 9.59 Å². The molecule has 7 rings (SSSR count). The maximum Gasteiger partial charge on any atom is 0.346 e. The zero-order valence-corrected chi connectivity index (χ0v) is 28.1. The summed E-state index contributed by atoms with van der Waals surface area (Å²) in [5, 5.41) is 4.49. The lowest BCUT2D eigenvalue weighted by molar-refractivity contribution is 0.0443. The van der Waals surface area contributed by atoms with Gasteiger partial charge in [-0.3, -0.25) is 0 Å². The number of carbonyl (C=O) groups excluding carboxylic acids is 2. The number of esters is 2. The fourth-order valence-corrected chi connectivity index (χ4v) is 4.17. The van der Waals surface area contributed by atoms with E-state index in [4.69, 9.17) is 0 Å². The van der Waals surface area contributed by atoms with Crippen molar-refractivity contribution in [2.45, 2.75) is 55.4 Å². The lowest BCUT2D eigenvalue weighted by atomic mass is 10.0. The van der Waals surface area contributed by atoms with Crippen LogP contribution in [-0.2, 0) is 4.74 Å². The largest absolute Gasteiger partial charge is 0.386 e. The van der Waals surface area contributed by atoms with Crippen LogP contribution in [0, 0.1) is 0 Å². The zero-order valence-electron chi connectivity index (χ0n) is 28.1. The van der Waals surface area contributed by atoms with Gasteiger partial charge in [0.2, 0.25) is 0 Å². The summed E-state index contributed by atoms with van der Waals surface area (Å²) in [4.78, 5) is 22.6. The van der Waals surface area contributed by atoms with E-state index in [1.54, 1.807) is 12.1 Å². The van der Waals surface area contributed by atoms with E-state index in [9.17, 15) is 9.59 Å². The Morgan fingerprint density at radius 2 is 0.578 bits per heavy atom. The Kier molecular flexibility index (Phi) is 19.0. The van der Waals surface area contributed by atoms with E-state index >= 15 is 0 Å². The molecule has 6 aromatic carbocycles. The molecule has 0 radical (unpaired) electrons. The first-order chi connectivity index (χ1) is 22.2. The van der Waals surface area contributed by atoms with Gasteiger partial charge in [0.15, 0.2) is 0 Å². The molecule has 1 heterocycles. The molecule has 0 fully saturated rings. The average Bonchev–Trinajstić information content (AvgIpc) is 3.43. The Bertz CT molecular complexity index is 1520. The van der Waals surface area contributed by atoms with Gasteiger partial charge in [-0.2, -0.15) is 0 Å². The molecule has 0 saturated heterocycles. The standard InChI is InChI=1S/C12H6O3.C12H10.C10H8.4C2H6/c13-11-9-5-7-3-1-2-4-8(7)6-10(9)12(14)15-11;1-3-7-11(8-4-1)12-9-5-2-6-10-12;1-2-6-10-8-4-3-7-9(10)5-1;4*1-2/h1-6H;1-10H;1-8H;4*1-2H3. The topological polar surface area (TPSA) is 43.4 Å². The highest BCUT2D eigenvalue weighted by atomic mass is 16.6. The number of carbonyl (C=O) groups is 2. The molecule has 3 nitrogen and oxygen atoms in total. The maximum atomic E-state index is 11.3. The molecule has 0 amide bonds. The average molecular weight is 601 g/mol. The van der Waals surface area contributed by atoms with Crippen molar-refractivity contribution in [2.24, 2.45) is 0 Å². The second-order valence-corrected chi connectivity index (χ2v) is 8.50. The summed E-state index contributed by atoms with van der Waals surface area (Å²) in [6.07, 6.45) is 0. The molecule has 0 unspecified atom stereocenters. The number of hydrogen-bond acceptors (Lipinski definition) is 3. The highest BCUT2D eigenvalue weighted by Crippen LogP contribution is 2.25. The summed E-state index contributed by atoms with van der Waals surface area (Å²) in [6, 6.07) is 48.4. The van der Waals surface area contributed by atoms with E-state index < -0.39 is 11.9 Å². The molecule has 45 heavy (non-hydrogen) atoms. The quantitative estimate of drug-likeness (QED) is 0.139. The minimum atomic E-state index is -0.555. The smallest absolute Gasteiger partial charge is 0.346 e. The van der Waals surface area contributed by atoms with Crippen LogP contribution in [0.15, 0.2) is 146 Å². The minimum absolute atomic E-state index is 0.360. The van der Waals surface area contributed by atoms with Crippen LogP contribution in [0.25, 0.3) is 32.7 Å². The van der Waals surface area contributed by atoms with Crippen LogP contribution in [-0.4, -0.2) is 11.9 Å². The van der Waals surface area contributed by atoms with Gasteiger partial charge in [0.05, 0.1) is 11.1 Å². The van der Waals surface area contributed by atoms with Crippen molar-refractivity contribution in [2.75, 3.05) is 0 Å². The second kappa shape index (κ2) is 22.5. The SMILES string of the molecule is CC.CC.CC.CC.O=C1OC(=O)c2cc3ccccc3cc21.c1ccc(-c2ccccc2)cc1.c1ccc2ccccc2c1. The highest BCUT2D eigenvalue weighted by molar-refractivity contribution is 6.17. The molecule has 234 valence electrons. The molecule has 1 aliphatic rings. The summed E-state index contributed by atoms with van der Waals surface area (Å²) >= 11 is 0. The molecule has 0 atom stereocenters. The molecule has 3 heteroatoms. The third-order valence-electron chi connectivity index (χ3n) is 6.05. The van der Waals surface area contributed by atoms with Crippen LogP contribution in [0.4, 0.5) is 0 Å². The Morgan fingerprint density at radius 1 is 0.333 bits per heavy atom. The van der Waals surface area contributed by atoms with E-state index in [2.05, 4.69) is 102 Å². The summed E-state index contributed by atoms with van der Waals surface area (Å²) in [5.41, 5.74) is 3.27. The van der Waals surface area contributed by atoms with Gasteiger partial charge in [0, 0.05) is 0 Å². The van der Waals surface area contributed by atoms with Gasteiger partial charge in [0.1, 0.15) is 0 Å². The molecule has 0 bridgehead atoms. The van der Waals surface area contributed by atoms with Crippen LogP contribution in [0.2, 0.25) is 0 Å². The Morgan fingerprint density at radius 3 is 0.867 bits per heavy atom. The van der Waals surface area contributed by atoms with Crippen LogP contribution in [0.5, 0.6) is 0 Å². The monoisotopic (exact) mass is 600 g/mol. The normalized spacial score (nSPS) is 10.0. The first kappa shape index (κ1) is 38.0. The van der Waals surface area contributed by atoms with Gasteiger partial charge in [0.25, 0.3) is 0 Å². The molecule has 0 aromatic heterocycles. The van der Waals surface area contributed by atoms with Crippen molar-refractivity contribution < 1.29 is 14.3 Å². The third kappa shape index (κ3) is 11.5. The molecule has 0 spiro atoms. The van der Waals surface area contributed by atoms with Crippen molar-refractivity contribution in [3.63, 3.8) is 0 Å². The van der Waals surface area contributed by atoms with E-state index in [-0.39, 0.29) is 0 Å². The zero-order chi connectivity index (χ0) is 33.5.